The van der Waals surface area contributed by atoms with Crippen LogP contribution in [0.4, 0.5) is 17.6 Å². The van der Waals surface area contributed by atoms with Gasteiger partial charge >= 0.3 is 6.11 Å². The SMILES string of the molecule is CCOc1ccc(-c2ccc(C(F)(F)Oc3ccc(C4CC(C)(C)N(OC)C(C)(C)C4)c(F)c3)cc2)c(F)c1. The van der Waals surface area contributed by atoms with Gasteiger partial charge in [0, 0.05) is 28.8 Å². The fourth-order valence-electron chi connectivity index (χ4n) is 5.92. The van der Waals surface area contributed by atoms with Crippen LogP contribution in [0.15, 0.2) is 60.7 Å². The summed E-state index contributed by atoms with van der Waals surface area (Å²) in [7, 11) is 1.63. The van der Waals surface area contributed by atoms with E-state index in [4.69, 9.17) is 14.3 Å². The molecule has 3 aromatic rings. The lowest BCUT2D eigenvalue weighted by Crippen LogP contribution is -2.59. The Labute approximate surface area is 227 Å². The first-order valence-corrected chi connectivity index (χ1v) is 13.0. The molecule has 1 fully saturated rings. The highest BCUT2D eigenvalue weighted by molar-refractivity contribution is 5.65. The topological polar surface area (TPSA) is 30.9 Å². The van der Waals surface area contributed by atoms with Crippen molar-refractivity contribution in [2.45, 2.75) is 70.6 Å². The molecule has 210 valence electrons. The number of hydroxylamine groups is 2. The Balaban J connectivity index is 1.50. The van der Waals surface area contributed by atoms with Crippen molar-refractivity contribution in [3.63, 3.8) is 0 Å². The van der Waals surface area contributed by atoms with Gasteiger partial charge in [-0.05, 0) is 94.8 Å². The number of hydrogen-bond acceptors (Lipinski definition) is 4. The molecular formula is C31H35F4NO3. The minimum absolute atomic E-state index is 0.119. The second-order valence-corrected chi connectivity index (χ2v) is 11.2. The van der Waals surface area contributed by atoms with Crippen LogP contribution in [0.2, 0.25) is 0 Å². The molecule has 0 aliphatic carbocycles. The molecule has 1 aliphatic heterocycles. The zero-order valence-corrected chi connectivity index (χ0v) is 23.2. The van der Waals surface area contributed by atoms with E-state index >= 15 is 13.2 Å². The van der Waals surface area contributed by atoms with E-state index in [2.05, 4.69) is 0 Å². The summed E-state index contributed by atoms with van der Waals surface area (Å²) in [6, 6.07) is 13.4. The largest absolute Gasteiger partial charge is 0.494 e. The van der Waals surface area contributed by atoms with Crippen LogP contribution in [0.3, 0.4) is 0 Å². The molecule has 0 spiro atoms. The first-order chi connectivity index (χ1) is 18.3. The third-order valence-electron chi connectivity index (χ3n) is 7.22. The lowest BCUT2D eigenvalue weighted by molar-refractivity contribution is -0.266. The normalized spacial score (nSPS) is 17.7. The van der Waals surface area contributed by atoms with Crippen molar-refractivity contribution in [1.29, 1.82) is 0 Å². The number of rotatable bonds is 8. The van der Waals surface area contributed by atoms with Crippen LogP contribution < -0.4 is 9.47 Å². The molecule has 4 nitrogen and oxygen atoms in total. The van der Waals surface area contributed by atoms with Gasteiger partial charge in [0.25, 0.3) is 0 Å². The predicted molar refractivity (Wildman–Crippen MR) is 143 cm³/mol. The van der Waals surface area contributed by atoms with Crippen molar-refractivity contribution in [2.24, 2.45) is 0 Å². The summed E-state index contributed by atoms with van der Waals surface area (Å²) in [5, 5.41) is 1.93. The van der Waals surface area contributed by atoms with Gasteiger partial charge < -0.3 is 14.3 Å². The molecule has 4 rings (SSSR count). The minimum Gasteiger partial charge on any atom is -0.494 e. The molecule has 0 saturated carbocycles. The Morgan fingerprint density at radius 2 is 1.44 bits per heavy atom. The van der Waals surface area contributed by atoms with Crippen LogP contribution >= 0.6 is 0 Å². The second kappa shape index (κ2) is 10.8. The quantitative estimate of drug-likeness (QED) is 0.266. The Morgan fingerprint density at radius 1 is 0.846 bits per heavy atom. The number of halogens is 4. The van der Waals surface area contributed by atoms with Crippen molar-refractivity contribution >= 4 is 0 Å². The van der Waals surface area contributed by atoms with Crippen LogP contribution in [0.1, 0.15) is 64.5 Å². The van der Waals surface area contributed by atoms with Crippen LogP contribution in [0.5, 0.6) is 11.5 Å². The molecule has 0 aromatic heterocycles. The van der Waals surface area contributed by atoms with Gasteiger partial charge in [0.05, 0.1) is 19.3 Å². The molecule has 0 bridgehead atoms. The van der Waals surface area contributed by atoms with Gasteiger partial charge in [-0.1, -0.05) is 18.2 Å². The van der Waals surface area contributed by atoms with Crippen molar-refractivity contribution in [2.75, 3.05) is 13.7 Å². The Hall–Kier alpha value is -3.10. The van der Waals surface area contributed by atoms with E-state index in [-0.39, 0.29) is 28.3 Å². The second-order valence-electron chi connectivity index (χ2n) is 11.2. The molecule has 1 heterocycles. The Bertz CT molecular complexity index is 1290. The number of benzene rings is 3. The van der Waals surface area contributed by atoms with Crippen LogP contribution in [0, 0.1) is 11.6 Å². The standard InChI is InChI=1S/C31H35F4NO3/c1-7-38-23-12-14-25(27(32)16-23)20-8-10-22(11-9-20)31(34,35)39-24-13-15-26(28(33)17-24)21-18-29(2,3)36(37-6)30(4,5)19-21/h8-17,21H,7,18-19H2,1-6H3. The van der Waals surface area contributed by atoms with Gasteiger partial charge in [0.15, 0.2) is 0 Å². The summed E-state index contributed by atoms with van der Waals surface area (Å²) in [5.74, 6) is -1.12. The van der Waals surface area contributed by atoms with Crippen LogP contribution in [-0.4, -0.2) is 29.9 Å². The number of piperidine rings is 1. The van der Waals surface area contributed by atoms with Crippen LogP contribution in [0.25, 0.3) is 11.1 Å². The van der Waals surface area contributed by atoms with Gasteiger partial charge in [0.2, 0.25) is 0 Å². The number of nitrogens with zero attached hydrogens (tertiary/aromatic N) is 1. The molecule has 39 heavy (non-hydrogen) atoms. The van der Waals surface area contributed by atoms with E-state index in [9.17, 15) is 4.39 Å². The molecule has 3 aromatic carbocycles. The molecule has 1 aliphatic rings. The summed E-state index contributed by atoms with van der Waals surface area (Å²) in [4.78, 5) is 5.62. The lowest BCUT2D eigenvalue weighted by atomic mass is 9.72. The third-order valence-corrected chi connectivity index (χ3v) is 7.22. The summed E-state index contributed by atoms with van der Waals surface area (Å²) in [6.07, 6.45) is -2.45. The smallest absolute Gasteiger partial charge is 0.426 e. The maximum Gasteiger partial charge on any atom is 0.426 e. The lowest BCUT2D eigenvalue weighted by Gasteiger charge is -2.53. The van der Waals surface area contributed by atoms with Crippen molar-refractivity contribution in [1.82, 2.24) is 5.06 Å². The van der Waals surface area contributed by atoms with Gasteiger partial charge in [-0.25, -0.2) is 8.78 Å². The van der Waals surface area contributed by atoms with Crippen molar-refractivity contribution in [3.8, 4) is 22.6 Å². The zero-order valence-electron chi connectivity index (χ0n) is 23.2. The average Bonchev–Trinajstić information content (AvgIpc) is 2.83. The molecule has 0 radical (unpaired) electrons. The first-order valence-electron chi connectivity index (χ1n) is 13.0. The Morgan fingerprint density at radius 3 is 1.97 bits per heavy atom. The fraction of sp³-hybridized carbons (Fsp3) is 0.419. The van der Waals surface area contributed by atoms with Gasteiger partial charge in [0.1, 0.15) is 23.1 Å². The number of alkyl halides is 2. The maximum absolute atomic E-state index is 15.2. The van der Waals surface area contributed by atoms with E-state index < -0.39 is 23.3 Å². The highest BCUT2D eigenvalue weighted by atomic mass is 19.3. The van der Waals surface area contributed by atoms with E-state index in [1.54, 1.807) is 20.1 Å². The maximum atomic E-state index is 15.2. The van der Waals surface area contributed by atoms with Crippen LogP contribution in [-0.2, 0) is 10.9 Å². The third kappa shape index (κ3) is 6.07. The number of ether oxygens (including phenoxy) is 2. The fourth-order valence-corrected chi connectivity index (χ4v) is 5.92. The summed E-state index contributed by atoms with van der Waals surface area (Å²) in [5.41, 5.74) is 0.0131. The molecule has 0 unspecified atom stereocenters. The van der Waals surface area contributed by atoms with E-state index in [1.807, 2.05) is 32.8 Å². The van der Waals surface area contributed by atoms with E-state index in [0.717, 1.165) is 6.07 Å². The Kier molecular flexibility index (Phi) is 8.01. The molecule has 0 atom stereocenters. The zero-order chi connectivity index (χ0) is 28.6. The molecular weight excluding hydrogens is 510 g/mol. The molecule has 1 saturated heterocycles. The van der Waals surface area contributed by atoms with Gasteiger partial charge in [-0.15, -0.1) is 0 Å². The van der Waals surface area contributed by atoms with E-state index in [0.29, 0.717) is 36.3 Å². The van der Waals surface area contributed by atoms with Gasteiger partial charge in [-0.2, -0.15) is 13.8 Å². The summed E-state index contributed by atoms with van der Waals surface area (Å²) >= 11 is 0. The highest BCUT2D eigenvalue weighted by Crippen LogP contribution is 2.46. The summed E-state index contributed by atoms with van der Waals surface area (Å²) in [6.45, 7) is 10.3. The van der Waals surface area contributed by atoms with Crippen molar-refractivity contribution in [3.05, 3.63) is 83.4 Å². The van der Waals surface area contributed by atoms with Crippen molar-refractivity contribution < 1.29 is 31.9 Å². The average molecular weight is 546 g/mol. The summed E-state index contributed by atoms with van der Waals surface area (Å²) < 4.78 is 70.0. The predicted octanol–water partition coefficient (Wildman–Crippen LogP) is 8.46. The van der Waals surface area contributed by atoms with Gasteiger partial charge in [-0.3, -0.25) is 0 Å². The number of hydrogen-bond donors (Lipinski definition) is 0. The first kappa shape index (κ1) is 28.9. The molecule has 0 amide bonds. The monoisotopic (exact) mass is 545 g/mol. The van der Waals surface area contributed by atoms with E-state index in [1.165, 1.54) is 48.5 Å². The molecule has 0 N–H and O–H groups in total. The highest BCUT2D eigenvalue weighted by Gasteiger charge is 2.47. The molecule has 8 heteroatoms. The minimum atomic E-state index is -3.72.